The Bertz CT molecular complexity index is 171. The van der Waals surface area contributed by atoms with Gasteiger partial charge < -0.3 is 21.7 Å². The second-order valence-electron chi connectivity index (χ2n) is 2.03. The Morgan fingerprint density at radius 1 is 1.12 bits per heavy atom. The van der Waals surface area contributed by atoms with E-state index in [4.69, 9.17) is 18.4 Å². The van der Waals surface area contributed by atoms with E-state index in [1.807, 2.05) is 20.4 Å². The van der Waals surface area contributed by atoms with Crippen molar-refractivity contribution in [1.82, 2.24) is 0 Å². The Balaban J connectivity index is -0.0000000489. The van der Waals surface area contributed by atoms with Gasteiger partial charge in [0.15, 0.2) is 0 Å². The summed E-state index contributed by atoms with van der Waals surface area (Å²) in [6.07, 6.45) is 0. The molecule has 0 rings (SSSR count). The molecule has 0 aliphatic carbocycles. The van der Waals surface area contributed by atoms with Crippen molar-refractivity contribution >= 4 is 45.0 Å². The zero-order chi connectivity index (χ0) is 13.6. The van der Waals surface area contributed by atoms with Crippen LogP contribution < -0.4 is 41.0 Å². The molecule has 17 heavy (non-hydrogen) atoms. The van der Waals surface area contributed by atoms with E-state index in [2.05, 4.69) is 36.7 Å². The molecule has 0 saturated carbocycles. The fourth-order valence-corrected chi connectivity index (χ4v) is 1.34. The predicted molar refractivity (Wildman–Crippen MR) is 73.1 cm³/mol. The Morgan fingerprint density at radius 2 is 1.29 bits per heavy atom. The maximum Gasteiger partial charge on any atom is 1.00 e. The molecule has 0 heterocycles. The van der Waals surface area contributed by atoms with Crippen LogP contribution in [0.2, 0.25) is 6.55 Å². The topological polar surface area (TPSA) is 105 Å². The van der Waals surface area contributed by atoms with Crippen LogP contribution in [-0.4, -0.2) is 33.0 Å². The van der Waals surface area contributed by atoms with Crippen molar-refractivity contribution < 1.29 is 49.4 Å². The monoisotopic (exact) mass is 311 g/mol. The molecule has 0 aromatic heterocycles. The molecule has 99 valence electrons. The molecule has 0 aromatic carbocycles. The predicted octanol–water partition coefficient (Wildman–Crippen LogP) is -1.72. The number of hydrogen-bond acceptors (Lipinski definition) is 4. The van der Waals surface area contributed by atoms with Gasteiger partial charge in [-0.1, -0.05) is 25.3 Å². The van der Waals surface area contributed by atoms with Gasteiger partial charge in [-0.3, -0.25) is 9.59 Å². The summed E-state index contributed by atoms with van der Waals surface area (Å²) in [4.78, 5) is 18.2. The van der Waals surface area contributed by atoms with E-state index >= 15 is 0 Å². The van der Waals surface area contributed by atoms with Gasteiger partial charge in [-0.25, -0.2) is 0 Å². The zero-order valence-electron chi connectivity index (χ0n) is 11.6. The molecule has 0 atom stereocenters. The molecule has 10 heteroatoms. The molecule has 0 aliphatic heterocycles. The third-order valence-corrected chi connectivity index (χ3v) is 2.09. The average molecular weight is 311 g/mol. The number of amides is 2. The van der Waals surface area contributed by atoms with E-state index in [1.165, 1.54) is 0 Å². The summed E-state index contributed by atoms with van der Waals surface area (Å²) in [5.41, 5.74) is 8.67. The second kappa shape index (κ2) is 22.0. The first kappa shape index (κ1) is 26.4. The van der Waals surface area contributed by atoms with E-state index in [1.54, 1.807) is 0 Å². The molecule has 0 aromatic rings. The minimum absolute atomic E-state index is 0. The van der Waals surface area contributed by atoms with Gasteiger partial charge in [0.05, 0.1) is 0 Å². The normalized spacial score (nSPS) is 7.88. The van der Waals surface area contributed by atoms with Crippen molar-refractivity contribution in [2.24, 2.45) is 11.5 Å². The first-order valence-electron chi connectivity index (χ1n) is 4.33. The number of carbonyl (C=O) groups is 2. The molecule has 6 nitrogen and oxygen atoms in total. The number of nitrogens with two attached hydrogens (primary N) is 2. The molecule has 4 N–H and O–H groups in total. The summed E-state index contributed by atoms with van der Waals surface area (Å²) < 4.78 is 10.3. The summed E-state index contributed by atoms with van der Waals surface area (Å²) in [5, 5.41) is -1.28. The molecule has 0 fully saturated rings. The van der Waals surface area contributed by atoms with E-state index in [9.17, 15) is 0 Å². The van der Waals surface area contributed by atoms with Gasteiger partial charge in [-0.05, 0) is 20.4 Å². The summed E-state index contributed by atoms with van der Waals surface area (Å²) in [7, 11) is -0.891. The van der Waals surface area contributed by atoms with Gasteiger partial charge in [0.1, 0.15) is 0 Å². The van der Waals surface area contributed by atoms with Crippen LogP contribution in [0.5, 0.6) is 0 Å². The Kier molecular flexibility index (Phi) is 34.1. The van der Waals surface area contributed by atoms with Crippen LogP contribution in [0.15, 0.2) is 0 Å². The van der Waals surface area contributed by atoms with Crippen LogP contribution in [0.1, 0.15) is 15.3 Å². The quantitative estimate of drug-likeness (QED) is 0.366. The van der Waals surface area contributed by atoms with E-state index in [0.29, 0.717) is 0 Å². The average Bonchev–Trinajstić information content (AvgIpc) is 2.02. The molecule has 1 radical (unpaired) electrons. The molecule has 0 unspecified atom stereocenters. The van der Waals surface area contributed by atoms with Gasteiger partial charge >= 0.3 is 38.8 Å². The van der Waals surface area contributed by atoms with E-state index < -0.39 is 19.8 Å². The smallest absolute Gasteiger partial charge is 1.00 e. The standard InChI is InChI=1S/C5H13O2Si.2CH3NOS.Na.H/c1-4-6-8(3)7-5-2;2*2-1(3)4;;/h4-5H2,1-3H3;2*(H3,2,3,4);;/q;;;+1;-1. The van der Waals surface area contributed by atoms with Crippen LogP contribution >= 0.6 is 25.3 Å². The van der Waals surface area contributed by atoms with Gasteiger partial charge in [-0.15, -0.1) is 0 Å². The molecular formula is C7H20N2NaO4S2Si. The maximum absolute atomic E-state index is 9.09. The van der Waals surface area contributed by atoms with Crippen molar-refractivity contribution in [3.63, 3.8) is 0 Å². The van der Waals surface area contributed by atoms with Crippen LogP contribution in [0.3, 0.4) is 0 Å². The zero-order valence-corrected chi connectivity index (χ0v) is 15.4. The third kappa shape index (κ3) is 79.8. The fourth-order valence-electron chi connectivity index (χ4n) is 0.448. The van der Waals surface area contributed by atoms with Crippen LogP contribution in [-0.2, 0) is 8.85 Å². The van der Waals surface area contributed by atoms with Crippen molar-refractivity contribution in [2.45, 2.75) is 20.4 Å². The largest absolute Gasteiger partial charge is 1.00 e. The minimum atomic E-state index is -0.891. The first-order valence-corrected chi connectivity index (χ1v) is 7.04. The Labute approximate surface area is 139 Å². The summed E-state index contributed by atoms with van der Waals surface area (Å²) in [6, 6.07) is 0. The molecule has 0 bridgehead atoms. The van der Waals surface area contributed by atoms with Crippen LogP contribution in [0.25, 0.3) is 0 Å². The van der Waals surface area contributed by atoms with Crippen molar-refractivity contribution in [3.05, 3.63) is 0 Å². The second-order valence-corrected chi connectivity index (χ2v) is 4.48. The van der Waals surface area contributed by atoms with Gasteiger partial charge in [0, 0.05) is 13.2 Å². The number of carbonyl (C=O) groups excluding carboxylic acids is 2. The van der Waals surface area contributed by atoms with Crippen molar-refractivity contribution in [3.8, 4) is 0 Å². The first-order chi connectivity index (χ1) is 7.27. The number of primary amides is 2. The van der Waals surface area contributed by atoms with Crippen molar-refractivity contribution in [2.75, 3.05) is 13.2 Å². The number of hydrogen-bond donors (Lipinski definition) is 4. The third-order valence-electron chi connectivity index (χ3n) is 0.695. The molecule has 0 spiro atoms. The summed E-state index contributed by atoms with van der Waals surface area (Å²) in [6.45, 7) is 7.49. The summed E-state index contributed by atoms with van der Waals surface area (Å²) >= 11 is 6.21. The SMILES string of the molecule is CCO[Si](C)OCC.NC(=O)S.NC(=O)S.[H-].[Na+]. The van der Waals surface area contributed by atoms with Gasteiger partial charge in [0.2, 0.25) is 0 Å². The van der Waals surface area contributed by atoms with E-state index in [0.717, 1.165) is 13.2 Å². The molecule has 0 saturated heterocycles. The van der Waals surface area contributed by atoms with Crippen molar-refractivity contribution in [1.29, 1.82) is 0 Å². The number of rotatable bonds is 4. The van der Waals surface area contributed by atoms with Gasteiger partial charge in [-0.2, -0.15) is 0 Å². The van der Waals surface area contributed by atoms with Crippen LogP contribution in [0, 0.1) is 0 Å². The Hall–Kier alpha value is 0.777. The fraction of sp³-hybridized carbons (Fsp3) is 0.714. The Morgan fingerprint density at radius 3 is 1.41 bits per heavy atom. The molecular weight excluding hydrogens is 291 g/mol. The summed E-state index contributed by atoms with van der Waals surface area (Å²) in [5.74, 6) is 0. The number of thiol groups is 2. The van der Waals surface area contributed by atoms with Crippen LogP contribution in [0.4, 0.5) is 9.59 Å². The molecule has 0 aliphatic rings. The van der Waals surface area contributed by atoms with Gasteiger partial charge in [0.25, 0.3) is 10.5 Å². The molecule has 2 amide bonds. The minimum Gasteiger partial charge on any atom is -1.00 e. The maximum atomic E-state index is 9.09. The van der Waals surface area contributed by atoms with E-state index in [-0.39, 0.29) is 31.0 Å².